The molecule has 0 saturated heterocycles. The van der Waals surface area contributed by atoms with Gasteiger partial charge in [-0.25, -0.2) is 4.39 Å². The van der Waals surface area contributed by atoms with Gasteiger partial charge in [-0.1, -0.05) is 24.3 Å². The van der Waals surface area contributed by atoms with Crippen LogP contribution in [0.15, 0.2) is 57.4 Å². The number of carbonyl (C=O) groups excluding carboxylic acids is 1. The number of aromatic nitrogens is 2. The van der Waals surface area contributed by atoms with E-state index in [9.17, 15) is 9.18 Å². The quantitative estimate of drug-likeness (QED) is 0.709. The molecule has 0 aliphatic heterocycles. The minimum Gasteiger partial charge on any atom is -0.421 e. The molecule has 7 heteroatoms. The minimum atomic E-state index is -0.431. The lowest BCUT2D eigenvalue weighted by atomic mass is 10.2. The number of nitrogens with zero attached hydrogens (tertiary/aromatic N) is 2. The smallest absolute Gasteiger partial charge is 0.250 e. The van der Waals surface area contributed by atoms with Crippen molar-refractivity contribution >= 4 is 27.5 Å². The fourth-order valence-corrected chi connectivity index (χ4v) is 2.48. The van der Waals surface area contributed by atoms with E-state index >= 15 is 0 Å². The number of rotatable bonds is 5. The molecule has 0 aliphatic carbocycles. The highest BCUT2D eigenvalue weighted by Gasteiger charge is 2.13. The van der Waals surface area contributed by atoms with Crippen molar-refractivity contribution in [1.82, 2.24) is 10.2 Å². The van der Waals surface area contributed by atoms with Gasteiger partial charge in [-0.05, 0) is 40.2 Å². The monoisotopic (exact) mass is 389 g/mol. The Hall–Kier alpha value is -2.54. The molecule has 1 amide bonds. The van der Waals surface area contributed by atoms with Crippen LogP contribution in [0.4, 0.5) is 10.1 Å². The lowest BCUT2D eigenvalue weighted by Gasteiger charge is -2.05. The van der Waals surface area contributed by atoms with E-state index in [1.165, 1.54) is 6.07 Å². The third-order valence-corrected chi connectivity index (χ3v) is 3.98. The number of anilines is 1. The summed E-state index contributed by atoms with van der Waals surface area (Å²) in [5.74, 6) is -0.211. The van der Waals surface area contributed by atoms with E-state index in [-0.39, 0.29) is 36.1 Å². The number of benzene rings is 2. The number of hydrogen-bond acceptors (Lipinski definition) is 4. The number of carbonyl (C=O) groups is 1. The molecule has 0 radical (unpaired) electrons. The van der Waals surface area contributed by atoms with Gasteiger partial charge in [-0.3, -0.25) is 4.79 Å². The van der Waals surface area contributed by atoms with Crippen molar-refractivity contribution < 1.29 is 13.6 Å². The Kier molecular flexibility index (Phi) is 5.00. The SMILES string of the molecule is O=C(CCc1nnc(-c2ccccc2F)o1)Nc1ccccc1Br. The van der Waals surface area contributed by atoms with Crippen molar-refractivity contribution in [2.75, 3.05) is 5.32 Å². The van der Waals surface area contributed by atoms with Gasteiger partial charge in [0.15, 0.2) is 0 Å². The molecule has 1 heterocycles. The second kappa shape index (κ2) is 7.35. The zero-order valence-electron chi connectivity index (χ0n) is 12.5. The molecule has 3 aromatic rings. The summed E-state index contributed by atoms with van der Waals surface area (Å²) in [6.45, 7) is 0. The van der Waals surface area contributed by atoms with Crippen LogP contribution in [0.25, 0.3) is 11.5 Å². The molecule has 0 atom stereocenters. The molecule has 0 bridgehead atoms. The Balaban J connectivity index is 1.61. The van der Waals surface area contributed by atoms with Gasteiger partial charge >= 0.3 is 0 Å². The second-order valence-corrected chi connectivity index (χ2v) is 5.86. The minimum absolute atomic E-state index is 0.106. The van der Waals surface area contributed by atoms with Crippen molar-refractivity contribution in [3.05, 3.63) is 64.7 Å². The van der Waals surface area contributed by atoms with Gasteiger partial charge in [0.05, 0.1) is 11.3 Å². The maximum absolute atomic E-state index is 13.7. The Morgan fingerprint density at radius 2 is 1.88 bits per heavy atom. The van der Waals surface area contributed by atoms with Crippen LogP contribution >= 0.6 is 15.9 Å². The van der Waals surface area contributed by atoms with Crippen molar-refractivity contribution in [3.8, 4) is 11.5 Å². The lowest BCUT2D eigenvalue weighted by molar-refractivity contribution is -0.116. The molecule has 122 valence electrons. The summed E-state index contributed by atoms with van der Waals surface area (Å²) in [6, 6.07) is 13.5. The molecule has 1 aromatic heterocycles. The lowest BCUT2D eigenvalue weighted by Crippen LogP contribution is -2.12. The largest absolute Gasteiger partial charge is 0.421 e. The van der Waals surface area contributed by atoms with Crippen molar-refractivity contribution in [2.45, 2.75) is 12.8 Å². The number of hydrogen-bond donors (Lipinski definition) is 1. The molecular weight excluding hydrogens is 377 g/mol. The first-order valence-corrected chi connectivity index (χ1v) is 8.04. The summed E-state index contributed by atoms with van der Waals surface area (Å²) in [7, 11) is 0. The molecule has 0 spiro atoms. The Labute approximate surface area is 146 Å². The molecule has 2 aromatic carbocycles. The van der Waals surface area contributed by atoms with E-state index in [1.807, 2.05) is 18.2 Å². The third-order valence-electron chi connectivity index (χ3n) is 3.28. The normalized spacial score (nSPS) is 10.6. The van der Waals surface area contributed by atoms with E-state index in [4.69, 9.17) is 4.42 Å². The molecule has 1 N–H and O–H groups in total. The van der Waals surface area contributed by atoms with Gasteiger partial charge in [0, 0.05) is 17.3 Å². The Morgan fingerprint density at radius 1 is 1.12 bits per heavy atom. The molecule has 24 heavy (non-hydrogen) atoms. The van der Waals surface area contributed by atoms with Crippen LogP contribution in [-0.2, 0) is 11.2 Å². The van der Waals surface area contributed by atoms with Crippen molar-refractivity contribution in [2.24, 2.45) is 0 Å². The van der Waals surface area contributed by atoms with Crippen LogP contribution in [-0.4, -0.2) is 16.1 Å². The molecule has 0 unspecified atom stereocenters. The predicted molar refractivity (Wildman–Crippen MR) is 90.8 cm³/mol. The number of para-hydroxylation sites is 1. The molecule has 0 fully saturated rings. The molecule has 0 saturated carbocycles. The summed E-state index contributed by atoms with van der Waals surface area (Å²) in [4.78, 5) is 12.0. The maximum atomic E-state index is 13.7. The average molecular weight is 390 g/mol. The summed E-state index contributed by atoms with van der Waals surface area (Å²) in [6.07, 6.45) is 0.456. The Morgan fingerprint density at radius 3 is 2.67 bits per heavy atom. The van der Waals surface area contributed by atoms with Crippen LogP contribution in [0, 0.1) is 5.82 Å². The average Bonchev–Trinajstić information content (AvgIpc) is 3.04. The summed E-state index contributed by atoms with van der Waals surface area (Å²) >= 11 is 3.37. The van der Waals surface area contributed by atoms with Crippen molar-refractivity contribution in [1.29, 1.82) is 0 Å². The fraction of sp³-hybridized carbons (Fsp3) is 0.118. The van der Waals surface area contributed by atoms with Gasteiger partial charge in [-0.2, -0.15) is 0 Å². The summed E-state index contributed by atoms with van der Waals surface area (Å²) < 4.78 is 19.9. The third kappa shape index (κ3) is 3.86. The highest BCUT2D eigenvalue weighted by molar-refractivity contribution is 9.10. The van der Waals surface area contributed by atoms with Gasteiger partial charge in [0.1, 0.15) is 5.82 Å². The number of halogens is 2. The standard InChI is InChI=1S/C17H13BrFN3O2/c18-12-6-2-4-8-14(12)20-15(23)9-10-16-21-22-17(24-16)11-5-1-3-7-13(11)19/h1-8H,9-10H2,(H,20,23). The van der Waals surface area contributed by atoms with Crippen LogP contribution in [0.1, 0.15) is 12.3 Å². The highest BCUT2D eigenvalue weighted by atomic mass is 79.9. The van der Waals surface area contributed by atoms with Crippen LogP contribution < -0.4 is 5.32 Å². The van der Waals surface area contributed by atoms with Gasteiger partial charge in [-0.15, -0.1) is 10.2 Å². The fourth-order valence-electron chi connectivity index (χ4n) is 2.09. The zero-order valence-corrected chi connectivity index (χ0v) is 14.1. The molecule has 0 aliphatic rings. The second-order valence-electron chi connectivity index (χ2n) is 5.01. The van der Waals surface area contributed by atoms with Gasteiger partial charge in [0.25, 0.3) is 5.89 Å². The molecule has 5 nitrogen and oxygen atoms in total. The molecule has 3 rings (SSSR count). The first-order chi connectivity index (χ1) is 11.6. The van der Waals surface area contributed by atoms with E-state index in [2.05, 4.69) is 31.4 Å². The van der Waals surface area contributed by atoms with Crippen LogP contribution in [0.3, 0.4) is 0 Å². The summed E-state index contributed by atoms with van der Waals surface area (Å²) in [5, 5.41) is 10.5. The van der Waals surface area contributed by atoms with Crippen molar-refractivity contribution in [3.63, 3.8) is 0 Å². The van der Waals surface area contributed by atoms with Gasteiger partial charge < -0.3 is 9.73 Å². The van der Waals surface area contributed by atoms with E-state index < -0.39 is 5.82 Å². The number of aryl methyl sites for hydroxylation is 1. The topological polar surface area (TPSA) is 68.0 Å². The van der Waals surface area contributed by atoms with Crippen LogP contribution in [0.2, 0.25) is 0 Å². The molecular formula is C17H13BrFN3O2. The van der Waals surface area contributed by atoms with E-state index in [1.54, 1.807) is 24.3 Å². The number of amides is 1. The first-order valence-electron chi connectivity index (χ1n) is 7.25. The Bertz CT molecular complexity index is 866. The highest BCUT2D eigenvalue weighted by Crippen LogP contribution is 2.23. The van der Waals surface area contributed by atoms with Crippen LogP contribution in [0.5, 0.6) is 0 Å². The van der Waals surface area contributed by atoms with E-state index in [0.29, 0.717) is 5.69 Å². The number of nitrogens with one attached hydrogen (secondary N) is 1. The predicted octanol–water partition coefficient (Wildman–Crippen LogP) is 4.21. The maximum Gasteiger partial charge on any atom is 0.250 e. The zero-order chi connectivity index (χ0) is 16.9. The summed E-state index contributed by atoms with van der Waals surface area (Å²) in [5.41, 5.74) is 0.939. The first kappa shape index (κ1) is 16.3. The van der Waals surface area contributed by atoms with Gasteiger partial charge in [0.2, 0.25) is 11.8 Å². The van der Waals surface area contributed by atoms with E-state index in [0.717, 1.165) is 4.47 Å².